The summed E-state index contributed by atoms with van der Waals surface area (Å²) in [5.41, 5.74) is 3.14. The molecule has 2 aromatic carbocycles. The van der Waals surface area contributed by atoms with E-state index in [9.17, 15) is 0 Å². The largest absolute Gasteiger partial charge is 0.493 e. The number of hydrogen-bond acceptors (Lipinski definition) is 4. The molecule has 4 nitrogen and oxygen atoms in total. The highest BCUT2D eigenvalue weighted by atomic mass is 16.5. The van der Waals surface area contributed by atoms with Crippen LogP contribution in [0.4, 0.5) is 0 Å². The van der Waals surface area contributed by atoms with Gasteiger partial charge in [-0.1, -0.05) is 30.4 Å². The summed E-state index contributed by atoms with van der Waals surface area (Å²) in [6.07, 6.45) is 6.19. The number of ether oxygens (including phenoxy) is 4. The van der Waals surface area contributed by atoms with Crippen LogP contribution in [0, 0.1) is 0 Å². The van der Waals surface area contributed by atoms with Gasteiger partial charge in [-0.3, -0.25) is 0 Å². The van der Waals surface area contributed by atoms with Crippen LogP contribution in [0.3, 0.4) is 0 Å². The molecule has 0 atom stereocenters. The smallest absolute Gasteiger partial charge is 0.168 e. The van der Waals surface area contributed by atoms with Crippen LogP contribution in [-0.4, -0.2) is 27.9 Å². The van der Waals surface area contributed by atoms with Crippen LogP contribution in [0.1, 0.15) is 11.1 Å². The van der Waals surface area contributed by atoms with E-state index in [1.807, 2.05) is 48.6 Å². The Morgan fingerprint density at radius 1 is 0.875 bits per heavy atom. The molecule has 0 spiro atoms. The minimum Gasteiger partial charge on any atom is -0.493 e. The predicted octanol–water partition coefficient (Wildman–Crippen LogP) is 4.20. The second-order valence-electron chi connectivity index (χ2n) is 5.33. The van der Waals surface area contributed by atoms with Crippen LogP contribution >= 0.6 is 0 Å². The van der Waals surface area contributed by atoms with Gasteiger partial charge in [0.15, 0.2) is 23.0 Å². The van der Waals surface area contributed by atoms with Crippen LogP contribution in [-0.2, 0) is 0 Å². The van der Waals surface area contributed by atoms with Gasteiger partial charge in [0.2, 0.25) is 0 Å². The predicted molar refractivity (Wildman–Crippen MR) is 95.0 cm³/mol. The van der Waals surface area contributed by atoms with Crippen molar-refractivity contribution in [3.8, 4) is 23.0 Å². The molecule has 1 aliphatic rings. The van der Waals surface area contributed by atoms with Crippen molar-refractivity contribution in [2.75, 3.05) is 27.9 Å². The molecule has 2 aromatic rings. The monoisotopic (exact) mass is 324 g/mol. The Labute approximate surface area is 141 Å². The van der Waals surface area contributed by atoms with E-state index in [1.54, 1.807) is 21.3 Å². The average Bonchev–Trinajstić information content (AvgIpc) is 2.65. The van der Waals surface area contributed by atoms with E-state index in [0.717, 1.165) is 33.9 Å². The Morgan fingerprint density at radius 2 is 1.67 bits per heavy atom. The van der Waals surface area contributed by atoms with Crippen molar-refractivity contribution in [2.45, 2.75) is 0 Å². The lowest BCUT2D eigenvalue weighted by Gasteiger charge is -2.18. The van der Waals surface area contributed by atoms with Gasteiger partial charge in [0.25, 0.3) is 0 Å². The first-order valence-corrected chi connectivity index (χ1v) is 7.65. The lowest BCUT2D eigenvalue weighted by molar-refractivity contribution is 0.318. The summed E-state index contributed by atoms with van der Waals surface area (Å²) >= 11 is 0. The van der Waals surface area contributed by atoms with Gasteiger partial charge in [-0.25, -0.2) is 0 Å². The van der Waals surface area contributed by atoms with Gasteiger partial charge in [-0.15, -0.1) is 0 Å². The average molecular weight is 324 g/mol. The zero-order chi connectivity index (χ0) is 16.9. The van der Waals surface area contributed by atoms with Crippen LogP contribution < -0.4 is 18.9 Å². The van der Waals surface area contributed by atoms with E-state index >= 15 is 0 Å². The summed E-state index contributed by atoms with van der Waals surface area (Å²) in [4.78, 5) is 0. The number of hydrogen-bond donors (Lipinski definition) is 0. The molecule has 4 heteroatoms. The molecule has 0 amide bonds. The first-order chi connectivity index (χ1) is 11.7. The normalized spacial score (nSPS) is 13.0. The van der Waals surface area contributed by atoms with E-state index in [1.165, 1.54) is 0 Å². The minimum atomic E-state index is 0.511. The molecule has 3 rings (SSSR count). The summed E-state index contributed by atoms with van der Waals surface area (Å²) in [6.45, 7) is 0.511. The zero-order valence-corrected chi connectivity index (χ0v) is 14.0. The third-order valence-electron chi connectivity index (χ3n) is 3.85. The molecule has 0 saturated carbocycles. The molecule has 24 heavy (non-hydrogen) atoms. The second-order valence-corrected chi connectivity index (χ2v) is 5.33. The van der Waals surface area contributed by atoms with Gasteiger partial charge >= 0.3 is 0 Å². The van der Waals surface area contributed by atoms with E-state index < -0.39 is 0 Å². The topological polar surface area (TPSA) is 36.9 Å². The van der Waals surface area contributed by atoms with Crippen molar-refractivity contribution in [3.05, 3.63) is 59.2 Å². The molecule has 0 aromatic heterocycles. The second kappa shape index (κ2) is 7.13. The Bertz CT molecular complexity index is 790. The molecule has 0 N–H and O–H groups in total. The van der Waals surface area contributed by atoms with Crippen molar-refractivity contribution in [1.82, 2.24) is 0 Å². The van der Waals surface area contributed by atoms with Crippen molar-refractivity contribution in [2.24, 2.45) is 0 Å². The summed E-state index contributed by atoms with van der Waals surface area (Å²) in [6, 6.07) is 11.7. The Balaban J connectivity index is 1.83. The molecule has 0 fully saturated rings. The van der Waals surface area contributed by atoms with Crippen LogP contribution in [0.15, 0.2) is 48.0 Å². The minimum absolute atomic E-state index is 0.511. The van der Waals surface area contributed by atoms with Crippen molar-refractivity contribution >= 4 is 12.2 Å². The highest BCUT2D eigenvalue weighted by Crippen LogP contribution is 2.36. The van der Waals surface area contributed by atoms with Gasteiger partial charge < -0.3 is 18.9 Å². The molecule has 0 radical (unpaired) electrons. The third kappa shape index (κ3) is 3.23. The number of fused-ring (bicyclic) bond motifs is 1. The lowest BCUT2D eigenvalue weighted by Crippen LogP contribution is -2.07. The third-order valence-corrected chi connectivity index (χ3v) is 3.85. The summed E-state index contributed by atoms with van der Waals surface area (Å²) in [5, 5.41) is 0. The standard InChI is InChI=1S/C20H20O4/c1-21-17-10-9-14(12-19(17)23-3)7-8-15-11-16-5-4-6-18(22-2)20(16)24-13-15/h4-12H,13H2,1-3H3/b8-7+. The maximum atomic E-state index is 5.84. The molecule has 0 unspecified atom stereocenters. The molecule has 1 heterocycles. The van der Waals surface area contributed by atoms with Crippen LogP contribution in [0.25, 0.3) is 12.2 Å². The van der Waals surface area contributed by atoms with Crippen molar-refractivity contribution < 1.29 is 18.9 Å². The van der Waals surface area contributed by atoms with Crippen molar-refractivity contribution in [3.63, 3.8) is 0 Å². The quantitative estimate of drug-likeness (QED) is 0.826. The number of para-hydroxylation sites is 1. The Kier molecular flexibility index (Phi) is 4.75. The maximum absolute atomic E-state index is 5.84. The molecular formula is C20H20O4. The fourth-order valence-electron chi connectivity index (χ4n) is 2.61. The SMILES string of the molecule is COc1ccc(/C=C/C2=Cc3cccc(OC)c3OC2)cc1OC. The van der Waals surface area contributed by atoms with E-state index in [0.29, 0.717) is 12.4 Å². The van der Waals surface area contributed by atoms with Gasteiger partial charge in [-0.05, 0) is 35.4 Å². The Hall–Kier alpha value is -2.88. The van der Waals surface area contributed by atoms with E-state index in [-0.39, 0.29) is 0 Å². The molecular weight excluding hydrogens is 304 g/mol. The summed E-state index contributed by atoms with van der Waals surface area (Å²) in [7, 11) is 4.91. The van der Waals surface area contributed by atoms with E-state index in [2.05, 4.69) is 6.08 Å². The molecule has 0 aliphatic carbocycles. The molecule has 1 aliphatic heterocycles. The number of benzene rings is 2. The van der Waals surface area contributed by atoms with Gasteiger partial charge in [0, 0.05) is 5.56 Å². The lowest BCUT2D eigenvalue weighted by atomic mass is 10.1. The summed E-state index contributed by atoms with van der Waals surface area (Å²) < 4.78 is 21.7. The number of rotatable bonds is 5. The zero-order valence-electron chi connectivity index (χ0n) is 14.0. The molecule has 124 valence electrons. The first kappa shape index (κ1) is 16.0. The maximum Gasteiger partial charge on any atom is 0.168 e. The van der Waals surface area contributed by atoms with Gasteiger partial charge in [0.05, 0.1) is 21.3 Å². The number of methoxy groups -OCH3 is 3. The highest BCUT2D eigenvalue weighted by molar-refractivity contribution is 5.70. The van der Waals surface area contributed by atoms with Crippen LogP contribution in [0.5, 0.6) is 23.0 Å². The fourth-order valence-corrected chi connectivity index (χ4v) is 2.61. The van der Waals surface area contributed by atoms with Crippen molar-refractivity contribution in [1.29, 1.82) is 0 Å². The molecule has 0 bridgehead atoms. The van der Waals surface area contributed by atoms with Gasteiger partial charge in [0.1, 0.15) is 6.61 Å². The Morgan fingerprint density at radius 3 is 2.42 bits per heavy atom. The van der Waals surface area contributed by atoms with Gasteiger partial charge in [-0.2, -0.15) is 0 Å². The highest BCUT2D eigenvalue weighted by Gasteiger charge is 2.14. The summed E-state index contributed by atoms with van der Waals surface area (Å²) in [5.74, 6) is 2.98. The van der Waals surface area contributed by atoms with E-state index in [4.69, 9.17) is 18.9 Å². The first-order valence-electron chi connectivity index (χ1n) is 7.65. The van der Waals surface area contributed by atoms with Crippen LogP contribution in [0.2, 0.25) is 0 Å². The fraction of sp³-hybridized carbons (Fsp3) is 0.200. The molecule has 0 saturated heterocycles.